The first-order chi connectivity index (χ1) is 12.4. The minimum Gasteiger partial charge on any atom is -0.466 e. The number of nitrogens with zero attached hydrogens (tertiary/aromatic N) is 1. The summed E-state index contributed by atoms with van der Waals surface area (Å²) in [5.41, 5.74) is 1.15. The number of esters is 1. The zero-order chi connectivity index (χ0) is 18.8. The quantitative estimate of drug-likeness (QED) is 0.365. The van der Waals surface area contributed by atoms with Crippen LogP contribution in [-0.2, 0) is 9.53 Å². The molecule has 2 aromatic rings. The van der Waals surface area contributed by atoms with Crippen LogP contribution in [0.2, 0.25) is 0 Å². The number of hydrogen-bond acceptors (Lipinski definition) is 6. The zero-order valence-corrected chi connectivity index (χ0v) is 14.8. The fourth-order valence-corrected chi connectivity index (χ4v) is 3.05. The first-order valence-corrected chi connectivity index (χ1v) is 8.03. The van der Waals surface area contributed by atoms with Gasteiger partial charge < -0.3 is 19.8 Å². The largest absolute Gasteiger partial charge is 0.466 e. The Hall–Kier alpha value is -3.20. The summed E-state index contributed by atoms with van der Waals surface area (Å²) in [6.07, 6.45) is 0. The molecule has 1 aliphatic heterocycles. The lowest BCUT2D eigenvalue weighted by molar-refractivity contribution is -0.384. The van der Waals surface area contributed by atoms with Crippen LogP contribution in [0.4, 0.5) is 5.69 Å². The van der Waals surface area contributed by atoms with Gasteiger partial charge in [-0.3, -0.25) is 10.1 Å². The third-order valence-corrected chi connectivity index (χ3v) is 4.17. The maximum atomic E-state index is 12.2. The van der Waals surface area contributed by atoms with E-state index in [-0.39, 0.29) is 5.69 Å². The third-order valence-electron chi connectivity index (χ3n) is 3.95. The molecular weight excluding hydrogens is 358 g/mol. The van der Waals surface area contributed by atoms with Crippen molar-refractivity contribution in [3.63, 3.8) is 0 Å². The standard InChI is InChI=1S/C17H15N3O5S/c1-9-14(16(21)24-2)15(19-17(26)18-9)13-8-7-12(25-13)10-5-3-4-6-11(10)20(22)23/h3-8,15H,1-2H3,(H2,18,19,26)/t15-/m1/s1. The van der Waals surface area contributed by atoms with Gasteiger partial charge in [0.1, 0.15) is 17.6 Å². The monoisotopic (exact) mass is 373 g/mol. The van der Waals surface area contributed by atoms with Crippen molar-refractivity contribution < 1.29 is 18.9 Å². The number of nitro benzene ring substituents is 1. The Labute approximate surface area is 154 Å². The first-order valence-electron chi connectivity index (χ1n) is 7.62. The number of nitro groups is 1. The zero-order valence-electron chi connectivity index (χ0n) is 13.9. The van der Waals surface area contributed by atoms with E-state index < -0.39 is 16.9 Å². The second-order valence-corrected chi connectivity index (χ2v) is 5.95. The Balaban J connectivity index is 2.04. The summed E-state index contributed by atoms with van der Waals surface area (Å²) in [5.74, 6) is 0.181. The Kier molecular flexibility index (Phi) is 4.72. The molecule has 0 bridgehead atoms. The van der Waals surface area contributed by atoms with Crippen LogP contribution in [0, 0.1) is 10.1 Å². The van der Waals surface area contributed by atoms with Gasteiger partial charge in [-0.05, 0) is 37.3 Å². The number of allylic oxidation sites excluding steroid dienone is 1. The van der Waals surface area contributed by atoms with Gasteiger partial charge in [-0.15, -0.1) is 0 Å². The van der Waals surface area contributed by atoms with Crippen LogP contribution < -0.4 is 10.6 Å². The average molecular weight is 373 g/mol. The van der Waals surface area contributed by atoms with Crippen LogP contribution in [0.25, 0.3) is 11.3 Å². The van der Waals surface area contributed by atoms with Gasteiger partial charge in [-0.1, -0.05) is 12.1 Å². The number of rotatable bonds is 4. The lowest BCUT2D eigenvalue weighted by Crippen LogP contribution is -2.44. The molecular formula is C17H15N3O5S. The molecule has 0 unspecified atom stereocenters. The highest BCUT2D eigenvalue weighted by Gasteiger charge is 2.33. The number of benzene rings is 1. The Bertz CT molecular complexity index is 934. The number of nitrogens with one attached hydrogen (secondary N) is 2. The maximum Gasteiger partial charge on any atom is 0.338 e. The molecule has 2 heterocycles. The van der Waals surface area contributed by atoms with Crippen molar-refractivity contribution in [2.24, 2.45) is 0 Å². The number of carbonyl (C=O) groups excluding carboxylic acids is 1. The van der Waals surface area contributed by atoms with Gasteiger partial charge >= 0.3 is 5.97 Å². The van der Waals surface area contributed by atoms with Crippen molar-refractivity contribution >= 4 is 29.0 Å². The van der Waals surface area contributed by atoms with E-state index in [1.165, 1.54) is 13.2 Å². The summed E-state index contributed by atoms with van der Waals surface area (Å²) in [6, 6.07) is 8.88. The molecule has 1 aliphatic rings. The molecule has 0 amide bonds. The molecule has 8 nitrogen and oxygen atoms in total. The molecule has 1 aromatic carbocycles. The highest BCUT2D eigenvalue weighted by molar-refractivity contribution is 7.80. The Morgan fingerprint density at radius 2 is 2.04 bits per heavy atom. The van der Waals surface area contributed by atoms with Crippen molar-refractivity contribution in [3.05, 3.63) is 63.5 Å². The molecule has 0 aliphatic carbocycles. The van der Waals surface area contributed by atoms with E-state index in [0.717, 1.165) is 0 Å². The maximum absolute atomic E-state index is 12.2. The van der Waals surface area contributed by atoms with Crippen molar-refractivity contribution in [3.8, 4) is 11.3 Å². The predicted octanol–water partition coefficient (Wildman–Crippen LogP) is 2.82. The van der Waals surface area contributed by atoms with E-state index in [9.17, 15) is 14.9 Å². The molecule has 2 N–H and O–H groups in total. The number of thiocarbonyl (C=S) groups is 1. The van der Waals surface area contributed by atoms with Gasteiger partial charge in [-0.25, -0.2) is 4.79 Å². The van der Waals surface area contributed by atoms with Crippen LogP contribution in [0.15, 0.2) is 52.1 Å². The smallest absolute Gasteiger partial charge is 0.338 e. The van der Waals surface area contributed by atoms with E-state index in [1.54, 1.807) is 37.3 Å². The lowest BCUT2D eigenvalue weighted by Gasteiger charge is -2.27. The van der Waals surface area contributed by atoms with Crippen LogP contribution in [0.5, 0.6) is 0 Å². The van der Waals surface area contributed by atoms with Gasteiger partial charge in [0.2, 0.25) is 0 Å². The number of methoxy groups -OCH3 is 1. The van der Waals surface area contributed by atoms with Crippen LogP contribution in [0.3, 0.4) is 0 Å². The van der Waals surface area contributed by atoms with Crippen LogP contribution >= 0.6 is 12.2 Å². The molecule has 1 atom stereocenters. The third kappa shape index (κ3) is 3.16. The summed E-state index contributed by atoms with van der Waals surface area (Å²) < 4.78 is 10.7. The SMILES string of the molecule is COC(=O)C1=C(C)NC(=S)N[C@@H]1c1ccc(-c2ccccc2[N+](=O)[O-])o1. The fraction of sp³-hybridized carbons (Fsp3) is 0.176. The average Bonchev–Trinajstić information content (AvgIpc) is 3.10. The van der Waals surface area contributed by atoms with E-state index in [4.69, 9.17) is 21.4 Å². The van der Waals surface area contributed by atoms with Crippen LogP contribution in [0.1, 0.15) is 18.7 Å². The van der Waals surface area contributed by atoms with Crippen LogP contribution in [-0.4, -0.2) is 23.1 Å². The van der Waals surface area contributed by atoms with E-state index in [1.807, 2.05) is 0 Å². The number of carbonyl (C=O) groups is 1. The summed E-state index contributed by atoms with van der Waals surface area (Å²) in [5, 5.41) is 17.4. The molecule has 1 aromatic heterocycles. The summed E-state index contributed by atoms with van der Waals surface area (Å²) >= 11 is 5.15. The minimum atomic E-state index is -0.660. The molecule has 0 saturated heterocycles. The Morgan fingerprint density at radius 1 is 1.31 bits per heavy atom. The number of hydrogen-bond donors (Lipinski definition) is 2. The van der Waals surface area contributed by atoms with Gasteiger partial charge in [0, 0.05) is 11.8 Å². The van der Waals surface area contributed by atoms with Crippen molar-refractivity contribution in [1.29, 1.82) is 0 Å². The summed E-state index contributed by atoms with van der Waals surface area (Å²) in [6.45, 7) is 1.71. The second kappa shape index (κ2) is 6.96. The molecule has 9 heteroatoms. The molecule has 0 saturated carbocycles. The van der Waals surface area contributed by atoms with Gasteiger partial charge in [0.05, 0.1) is 23.2 Å². The molecule has 0 fully saturated rings. The van der Waals surface area contributed by atoms with Gasteiger partial charge in [-0.2, -0.15) is 0 Å². The van der Waals surface area contributed by atoms with E-state index >= 15 is 0 Å². The van der Waals surface area contributed by atoms with E-state index in [2.05, 4.69) is 10.6 Å². The molecule has 3 rings (SSSR count). The molecule has 134 valence electrons. The fourth-order valence-electron chi connectivity index (χ4n) is 2.78. The summed E-state index contributed by atoms with van der Waals surface area (Å²) in [4.78, 5) is 22.9. The van der Waals surface area contributed by atoms with Crippen molar-refractivity contribution in [2.45, 2.75) is 13.0 Å². The number of furan rings is 1. The second-order valence-electron chi connectivity index (χ2n) is 5.54. The Morgan fingerprint density at radius 3 is 2.73 bits per heavy atom. The van der Waals surface area contributed by atoms with Gasteiger partial charge in [0.25, 0.3) is 5.69 Å². The van der Waals surface area contributed by atoms with E-state index in [0.29, 0.717) is 33.5 Å². The highest BCUT2D eigenvalue weighted by Crippen LogP contribution is 2.35. The number of para-hydroxylation sites is 1. The highest BCUT2D eigenvalue weighted by atomic mass is 32.1. The van der Waals surface area contributed by atoms with Gasteiger partial charge in [0.15, 0.2) is 5.11 Å². The van der Waals surface area contributed by atoms with Crippen molar-refractivity contribution in [2.75, 3.05) is 7.11 Å². The lowest BCUT2D eigenvalue weighted by atomic mass is 10.0. The molecule has 26 heavy (non-hydrogen) atoms. The topological polar surface area (TPSA) is 107 Å². The molecule has 0 spiro atoms. The minimum absolute atomic E-state index is 0.0675. The van der Waals surface area contributed by atoms with Crippen molar-refractivity contribution in [1.82, 2.24) is 10.6 Å². The molecule has 0 radical (unpaired) electrons. The predicted molar refractivity (Wildman–Crippen MR) is 97.1 cm³/mol. The normalized spacial score (nSPS) is 16.7. The first kappa shape index (κ1) is 17.6. The summed E-state index contributed by atoms with van der Waals surface area (Å²) in [7, 11) is 1.29. The number of ether oxygens (including phenoxy) is 1.